The van der Waals surface area contributed by atoms with Crippen LogP contribution in [-0.2, 0) is 16.1 Å². The molecule has 0 spiro atoms. The average molecular weight is 326 g/mol. The van der Waals surface area contributed by atoms with E-state index in [1.165, 1.54) is 0 Å². The van der Waals surface area contributed by atoms with Crippen LogP contribution in [-0.4, -0.2) is 17.7 Å². The van der Waals surface area contributed by atoms with Crippen LogP contribution in [0, 0.1) is 0 Å². The molecule has 6 nitrogen and oxygen atoms in total. The Kier molecular flexibility index (Phi) is 4.47. The van der Waals surface area contributed by atoms with Gasteiger partial charge in [0.25, 0.3) is 0 Å². The molecule has 1 aromatic heterocycles. The summed E-state index contributed by atoms with van der Waals surface area (Å²) in [7, 11) is 0. The van der Waals surface area contributed by atoms with Crippen LogP contribution < -0.4 is 10.2 Å². The molecule has 0 saturated heterocycles. The lowest BCUT2D eigenvalue weighted by molar-refractivity contribution is -0.147. The second-order valence-corrected chi connectivity index (χ2v) is 5.05. The third-order valence-corrected chi connectivity index (χ3v) is 3.32. The SMILES string of the molecule is O=C(COc1ccc2ccccc2c1)OCc1cc(=O)c(O)co1. The number of hydrogen-bond donors (Lipinski definition) is 1. The van der Waals surface area contributed by atoms with Gasteiger partial charge >= 0.3 is 5.97 Å². The Morgan fingerprint density at radius 2 is 1.88 bits per heavy atom. The monoisotopic (exact) mass is 326 g/mol. The molecule has 0 radical (unpaired) electrons. The van der Waals surface area contributed by atoms with Crippen molar-refractivity contribution in [2.45, 2.75) is 6.61 Å². The second kappa shape index (κ2) is 6.87. The van der Waals surface area contributed by atoms with E-state index in [4.69, 9.17) is 19.0 Å². The molecule has 2 aromatic carbocycles. The molecule has 0 atom stereocenters. The van der Waals surface area contributed by atoms with Crippen molar-refractivity contribution in [3.63, 3.8) is 0 Å². The fourth-order valence-corrected chi connectivity index (χ4v) is 2.11. The van der Waals surface area contributed by atoms with Crippen molar-refractivity contribution in [2.24, 2.45) is 0 Å². The van der Waals surface area contributed by atoms with Gasteiger partial charge in [0.1, 0.15) is 24.4 Å². The van der Waals surface area contributed by atoms with Crippen molar-refractivity contribution in [3.05, 3.63) is 70.8 Å². The molecule has 24 heavy (non-hydrogen) atoms. The van der Waals surface area contributed by atoms with E-state index in [0.29, 0.717) is 5.75 Å². The molecule has 3 rings (SSSR count). The molecule has 1 heterocycles. The predicted octanol–water partition coefficient (Wildman–Crippen LogP) is 2.62. The maximum atomic E-state index is 11.7. The Hall–Kier alpha value is -3.28. The highest BCUT2D eigenvalue weighted by Gasteiger charge is 2.08. The molecule has 122 valence electrons. The van der Waals surface area contributed by atoms with Crippen LogP contribution in [0.3, 0.4) is 0 Å². The molecule has 3 aromatic rings. The van der Waals surface area contributed by atoms with Gasteiger partial charge in [-0.3, -0.25) is 4.79 Å². The van der Waals surface area contributed by atoms with E-state index in [1.54, 1.807) is 6.07 Å². The van der Waals surface area contributed by atoms with Crippen molar-refractivity contribution in [3.8, 4) is 11.5 Å². The molecule has 0 amide bonds. The number of carbonyl (C=O) groups excluding carboxylic acids is 1. The van der Waals surface area contributed by atoms with Gasteiger partial charge in [-0.1, -0.05) is 30.3 Å². The maximum Gasteiger partial charge on any atom is 0.344 e. The van der Waals surface area contributed by atoms with E-state index >= 15 is 0 Å². The summed E-state index contributed by atoms with van der Waals surface area (Å²) in [6.07, 6.45) is 0.900. The van der Waals surface area contributed by atoms with Crippen molar-refractivity contribution < 1.29 is 23.8 Å². The number of ether oxygens (including phenoxy) is 2. The number of rotatable bonds is 5. The summed E-state index contributed by atoms with van der Waals surface area (Å²) >= 11 is 0. The van der Waals surface area contributed by atoms with Crippen molar-refractivity contribution in [1.29, 1.82) is 0 Å². The lowest BCUT2D eigenvalue weighted by atomic mass is 10.1. The number of esters is 1. The average Bonchev–Trinajstić information content (AvgIpc) is 2.60. The first-order valence-electron chi connectivity index (χ1n) is 7.20. The standard InChI is InChI=1S/C18H14O6/c19-16-8-15(22-10-17(16)20)9-24-18(21)11-23-14-6-5-12-3-1-2-4-13(12)7-14/h1-8,10,20H,9,11H2. The summed E-state index contributed by atoms with van der Waals surface area (Å²) in [6.45, 7) is -0.476. The molecular weight excluding hydrogens is 312 g/mol. The zero-order chi connectivity index (χ0) is 16.9. The van der Waals surface area contributed by atoms with Crippen LogP contribution in [0.15, 0.2) is 64.0 Å². The van der Waals surface area contributed by atoms with Crippen LogP contribution in [0.4, 0.5) is 0 Å². The van der Waals surface area contributed by atoms with E-state index in [-0.39, 0.29) is 19.0 Å². The van der Waals surface area contributed by atoms with E-state index in [0.717, 1.165) is 23.1 Å². The summed E-state index contributed by atoms with van der Waals surface area (Å²) in [5, 5.41) is 11.2. The second-order valence-electron chi connectivity index (χ2n) is 5.05. The lowest BCUT2D eigenvalue weighted by Crippen LogP contribution is -2.15. The van der Waals surface area contributed by atoms with Gasteiger partial charge in [0.15, 0.2) is 12.4 Å². The molecule has 0 saturated carbocycles. The Morgan fingerprint density at radius 3 is 2.67 bits per heavy atom. The zero-order valence-corrected chi connectivity index (χ0v) is 12.6. The van der Waals surface area contributed by atoms with Crippen LogP contribution in [0.25, 0.3) is 10.8 Å². The summed E-state index contributed by atoms with van der Waals surface area (Å²) in [5.74, 6) is -0.401. The number of carbonyl (C=O) groups is 1. The fourth-order valence-electron chi connectivity index (χ4n) is 2.11. The minimum absolute atomic E-state index is 0.136. The third kappa shape index (κ3) is 3.73. The number of hydrogen-bond acceptors (Lipinski definition) is 6. The van der Waals surface area contributed by atoms with Crippen LogP contribution in [0.2, 0.25) is 0 Å². The smallest absolute Gasteiger partial charge is 0.344 e. The molecule has 0 aliphatic heterocycles. The van der Waals surface area contributed by atoms with Crippen molar-refractivity contribution >= 4 is 16.7 Å². The Balaban J connectivity index is 1.54. The summed E-state index contributed by atoms with van der Waals surface area (Å²) in [6, 6.07) is 14.4. The highest BCUT2D eigenvalue weighted by atomic mass is 16.6. The van der Waals surface area contributed by atoms with Gasteiger partial charge in [-0.2, -0.15) is 0 Å². The highest BCUT2D eigenvalue weighted by molar-refractivity contribution is 5.83. The van der Waals surface area contributed by atoms with Crippen LogP contribution >= 0.6 is 0 Å². The van der Waals surface area contributed by atoms with Gasteiger partial charge < -0.3 is 19.0 Å². The minimum Gasteiger partial charge on any atom is -0.502 e. The van der Waals surface area contributed by atoms with E-state index < -0.39 is 17.1 Å². The zero-order valence-electron chi connectivity index (χ0n) is 12.6. The molecule has 0 fully saturated rings. The predicted molar refractivity (Wildman–Crippen MR) is 85.9 cm³/mol. The van der Waals surface area contributed by atoms with Gasteiger partial charge in [0, 0.05) is 6.07 Å². The maximum absolute atomic E-state index is 11.7. The van der Waals surface area contributed by atoms with Gasteiger partial charge in [0.2, 0.25) is 5.43 Å². The molecular formula is C18H14O6. The lowest BCUT2D eigenvalue weighted by Gasteiger charge is -2.07. The largest absolute Gasteiger partial charge is 0.502 e. The molecule has 0 unspecified atom stereocenters. The van der Waals surface area contributed by atoms with Gasteiger partial charge in [-0.25, -0.2) is 4.79 Å². The topological polar surface area (TPSA) is 86.0 Å². The third-order valence-electron chi connectivity index (χ3n) is 3.32. The summed E-state index contributed by atoms with van der Waals surface area (Å²) < 4.78 is 15.3. The van der Waals surface area contributed by atoms with E-state index in [1.807, 2.05) is 36.4 Å². The van der Waals surface area contributed by atoms with E-state index in [9.17, 15) is 9.59 Å². The number of fused-ring (bicyclic) bond motifs is 1. The molecule has 1 N–H and O–H groups in total. The molecule has 6 heteroatoms. The normalized spacial score (nSPS) is 10.5. The van der Waals surface area contributed by atoms with E-state index in [2.05, 4.69) is 0 Å². The van der Waals surface area contributed by atoms with Gasteiger partial charge in [-0.05, 0) is 22.9 Å². The number of benzene rings is 2. The molecule has 0 bridgehead atoms. The first kappa shape index (κ1) is 15.6. The van der Waals surface area contributed by atoms with Gasteiger partial charge in [0.05, 0.1) is 0 Å². The summed E-state index contributed by atoms with van der Waals surface area (Å²) in [4.78, 5) is 22.9. The molecule has 0 aliphatic rings. The fraction of sp³-hybridized carbons (Fsp3) is 0.111. The Morgan fingerprint density at radius 1 is 1.08 bits per heavy atom. The quantitative estimate of drug-likeness (QED) is 0.725. The van der Waals surface area contributed by atoms with Crippen molar-refractivity contribution in [1.82, 2.24) is 0 Å². The van der Waals surface area contributed by atoms with Gasteiger partial charge in [-0.15, -0.1) is 0 Å². The minimum atomic E-state index is -0.598. The first-order valence-corrected chi connectivity index (χ1v) is 7.20. The Bertz CT molecular complexity index is 928. The first-order chi connectivity index (χ1) is 11.6. The molecule has 0 aliphatic carbocycles. The van der Waals surface area contributed by atoms with Crippen LogP contribution in [0.5, 0.6) is 11.5 Å². The highest BCUT2D eigenvalue weighted by Crippen LogP contribution is 2.20. The summed E-state index contributed by atoms with van der Waals surface area (Å²) in [5.41, 5.74) is -0.597. The Labute approximate surface area is 136 Å². The number of aromatic hydroxyl groups is 1. The van der Waals surface area contributed by atoms with Crippen LogP contribution in [0.1, 0.15) is 5.76 Å². The van der Waals surface area contributed by atoms with Crippen molar-refractivity contribution in [2.75, 3.05) is 6.61 Å².